The summed E-state index contributed by atoms with van der Waals surface area (Å²) >= 11 is 0. The Hall–Kier alpha value is -3.26. The van der Waals surface area contributed by atoms with Gasteiger partial charge in [0.15, 0.2) is 11.6 Å². The van der Waals surface area contributed by atoms with Gasteiger partial charge < -0.3 is 5.32 Å². The number of sulfonamides is 1. The van der Waals surface area contributed by atoms with E-state index in [0.717, 1.165) is 17.7 Å². The van der Waals surface area contributed by atoms with E-state index in [1.807, 2.05) is 0 Å². The zero-order valence-corrected chi connectivity index (χ0v) is 16.5. The van der Waals surface area contributed by atoms with Gasteiger partial charge in [0.05, 0.1) is 10.6 Å². The van der Waals surface area contributed by atoms with E-state index in [4.69, 9.17) is 0 Å². The number of amides is 1. The molecule has 0 saturated carbocycles. The van der Waals surface area contributed by atoms with Gasteiger partial charge in [-0.1, -0.05) is 24.3 Å². The largest absolute Gasteiger partial charge is 0.322 e. The molecule has 1 amide bonds. The molecule has 0 radical (unpaired) electrons. The van der Waals surface area contributed by atoms with E-state index in [1.165, 1.54) is 24.3 Å². The number of rotatable bonds is 5. The second-order valence-corrected chi connectivity index (χ2v) is 8.13. The van der Waals surface area contributed by atoms with Gasteiger partial charge in [-0.25, -0.2) is 17.2 Å². The van der Waals surface area contributed by atoms with Crippen molar-refractivity contribution in [3.63, 3.8) is 0 Å². The average molecular weight is 416 g/mol. The van der Waals surface area contributed by atoms with Crippen LogP contribution in [0.5, 0.6) is 0 Å². The number of carbonyl (C=O) groups is 1. The van der Waals surface area contributed by atoms with Crippen LogP contribution in [-0.2, 0) is 10.0 Å². The Bertz CT molecular complexity index is 1190. The molecule has 0 heterocycles. The highest BCUT2D eigenvalue weighted by Gasteiger charge is 2.20. The predicted molar refractivity (Wildman–Crippen MR) is 107 cm³/mol. The second kappa shape index (κ2) is 8.00. The molecule has 0 aliphatic carbocycles. The van der Waals surface area contributed by atoms with Crippen molar-refractivity contribution in [2.45, 2.75) is 18.7 Å². The van der Waals surface area contributed by atoms with Gasteiger partial charge in [-0.05, 0) is 55.3 Å². The first-order valence-electron chi connectivity index (χ1n) is 8.63. The number of hydrogen-bond donors (Lipinski definition) is 2. The molecule has 0 saturated heterocycles. The van der Waals surface area contributed by atoms with Crippen molar-refractivity contribution in [1.82, 2.24) is 0 Å². The number of anilines is 2. The van der Waals surface area contributed by atoms with Crippen molar-refractivity contribution in [1.29, 1.82) is 0 Å². The first kappa shape index (κ1) is 20.5. The fourth-order valence-electron chi connectivity index (χ4n) is 2.70. The van der Waals surface area contributed by atoms with Gasteiger partial charge in [0.2, 0.25) is 0 Å². The predicted octanol–water partition coefficient (Wildman–Crippen LogP) is 4.63. The monoisotopic (exact) mass is 416 g/mol. The van der Waals surface area contributed by atoms with E-state index in [-0.39, 0.29) is 16.1 Å². The van der Waals surface area contributed by atoms with Crippen molar-refractivity contribution in [3.05, 3.63) is 89.0 Å². The maximum atomic E-state index is 13.3. The molecular weight excluding hydrogens is 398 g/mol. The van der Waals surface area contributed by atoms with Crippen LogP contribution >= 0.6 is 0 Å². The molecular formula is C21H18F2N2O3S. The van der Waals surface area contributed by atoms with E-state index in [1.54, 1.807) is 38.1 Å². The minimum absolute atomic E-state index is 0.0527. The Labute approximate surface area is 167 Å². The van der Waals surface area contributed by atoms with Crippen LogP contribution in [0.1, 0.15) is 21.5 Å². The molecule has 3 aromatic carbocycles. The molecule has 0 aliphatic rings. The lowest BCUT2D eigenvalue weighted by Crippen LogP contribution is -2.17. The van der Waals surface area contributed by atoms with Crippen LogP contribution in [0.2, 0.25) is 0 Å². The van der Waals surface area contributed by atoms with E-state index >= 15 is 0 Å². The van der Waals surface area contributed by atoms with Gasteiger partial charge in [0.1, 0.15) is 0 Å². The lowest BCUT2D eigenvalue weighted by molar-refractivity contribution is 0.102. The molecule has 0 fully saturated rings. The summed E-state index contributed by atoms with van der Waals surface area (Å²) in [5, 5.41) is 2.42. The molecule has 3 rings (SSSR count). The van der Waals surface area contributed by atoms with Crippen molar-refractivity contribution in [2.75, 3.05) is 10.0 Å². The Morgan fingerprint density at radius 3 is 2.28 bits per heavy atom. The number of hydrogen-bond acceptors (Lipinski definition) is 3. The fraction of sp³-hybridized carbons (Fsp3) is 0.0952. The van der Waals surface area contributed by atoms with Crippen LogP contribution in [0.25, 0.3) is 0 Å². The minimum Gasteiger partial charge on any atom is -0.322 e. The normalized spacial score (nSPS) is 11.2. The van der Waals surface area contributed by atoms with Crippen LogP contribution < -0.4 is 10.0 Å². The maximum absolute atomic E-state index is 13.3. The Kier molecular flexibility index (Phi) is 5.65. The number of benzene rings is 3. The van der Waals surface area contributed by atoms with Gasteiger partial charge >= 0.3 is 0 Å². The van der Waals surface area contributed by atoms with E-state index < -0.39 is 27.6 Å². The summed E-state index contributed by atoms with van der Waals surface area (Å²) in [4.78, 5) is 12.4. The van der Waals surface area contributed by atoms with Crippen molar-refractivity contribution < 1.29 is 22.0 Å². The van der Waals surface area contributed by atoms with Gasteiger partial charge in [0, 0.05) is 17.3 Å². The van der Waals surface area contributed by atoms with Crippen LogP contribution in [-0.4, -0.2) is 14.3 Å². The summed E-state index contributed by atoms with van der Waals surface area (Å²) in [5.41, 5.74) is 1.75. The molecule has 3 aromatic rings. The second-order valence-electron chi connectivity index (χ2n) is 6.48. The Morgan fingerprint density at radius 1 is 0.862 bits per heavy atom. The molecule has 0 spiro atoms. The van der Waals surface area contributed by atoms with Crippen LogP contribution in [0.4, 0.5) is 20.2 Å². The number of para-hydroxylation sites is 1. The first-order chi connectivity index (χ1) is 13.7. The molecule has 0 atom stereocenters. The highest BCUT2D eigenvalue weighted by molar-refractivity contribution is 7.92. The summed E-state index contributed by atoms with van der Waals surface area (Å²) < 4.78 is 54.6. The molecule has 8 heteroatoms. The molecule has 5 nitrogen and oxygen atoms in total. The summed E-state index contributed by atoms with van der Waals surface area (Å²) in [5.74, 6) is -2.78. The van der Waals surface area contributed by atoms with Gasteiger partial charge in [-0.3, -0.25) is 9.52 Å². The molecule has 0 aliphatic heterocycles. The van der Waals surface area contributed by atoms with Gasteiger partial charge in [0.25, 0.3) is 15.9 Å². The number of nitrogens with one attached hydrogen (secondary N) is 2. The van der Waals surface area contributed by atoms with Crippen LogP contribution in [0, 0.1) is 25.5 Å². The van der Waals surface area contributed by atoms with Crippen LogP contribution in [0.15, 0.2) is 65.6 Å². The number of halogens is 2. The van der Waals surface area contributed by atoms with Gasteiger partial charge in [-0.15, -0.1) is 0 Å². The van der Waals surface area contributed by atoms with Gasteiger partial charge in [-0.2, -0.15) is 0 Å². The smallest absolute Gasteiger partial charge is 0.262 e. The number of carbonyl (C=O) groups excluding carboxylic acids is 1. The summed E-state index contributed by atoms with van der Waals surface area (Å²) in [6.07, 6.45) is 0. The summed E-state index contributed by atoms with van der Waals surface area (Å²) in [6, 6.07) is 14.1. The minimum atomic E-state index is -3.95. The first-order valence-corrected chi connectivity index (χ1v) is 10.1. The molecule has 0 aromatic heterocycles. The SMILES string of the molecule is Cc1ccccc1NS(=O)(=O)c1cc(C(=O)Nc2ccc(F)c(F)c2)ccc1C. The lowest BCUT2D eigenvalue weighted by Gasteiger charge is -2.13. The molecule has 0 unspecified atom stereocenters. The lowest BCUT2D eigenvalue weighted by atomic mass is 10.1. The maximum Gasteiger partial charge on any atom is 0.262 e. The zero-order chi connectivity index (χ0) is 21.2. The van der Waals surface area contributed by atoms with Crippen molar-refractivity contribution >= 4 is 27.3 Å². The van der Waals surface area contributed by atoms with E-state index in [2.05, 4.69) is 10.0 Å². The quantitative estimate of drug-likeness (QED) is 0.637. The zero-order valence-electron chi connectivity index (χ0n) is 15.7. The topological polar surface area (TPSA) is 75.3 Å². The highest BCUT2D eigenvalue weighted by Crippen LogP contribution is 2.23. The third kappa shape index (κ3) is 4.60. The highest BCUT2D eigenvalue weighted by atomic mass is 32.2. The Balaban J connectivity index is 1.89. The molecule has 29 heavy (non-hydrogen) atoms. The molecule has 0 bridgehead atoms. The fourth-order valence-corrected chi connectivity index (χ4v) is 4.10. The third-order valence-corrected chi connectivity index (χ3v) is 5.81. The molecule has 150 valence electrons. The van der Waals surface area contributed by atoms with E-state index in [9.17, 15) is 22.0 Å². The third-order valence-electron chi connectivity index (χ3n) is 4.31. The summed E-state index contributed by atoms with van der Waals surface area (Å²) in [6.45, 7) is 3.39. The average Bonchev–Trinajstić information content (AvgIpc) is 2.66. The standard InChI is InChI=1S/C21H18F2N2O3S/c1-13-5-3-4-6-19(13)25-29(27,28)20-11-15(8-7-14(20)2)21(26)24-16-9-10-17(22)18(23)12-16/h3-12,25H,1-2H3,(H,24,26). The van der Waals surface area contributed by atoms with E-state index in [0.29, 0.717) is 11.3 Å². The molecule has 2 N–H and O–H groups in total. The number of aryl methyl sites for hydroxylation is 2. The van der Waals surface area contributed by atoms with Crippen molar-refractivity contribution in [2.24, 2.45) is 0 Å². The van der Waals surface area contributed by atoms with Crippen LogP contribution in [0.3, 0.4) is 0 Å². The van der Waals surface area contributed by atoms with Crippen molar-refractivity contribution in [3.8, 4) is 0 Å². The summed E-state index contributed by atoms with van der Waals surface area (Å²) in [7, 11) is -3.95. The Morgan fingerprint density at radius 2 is 1.59 bits per heavy atom.